The third-order valence-corrected chi connectivity index (χ3v) is 5.03. The van der Waals surface area contributed by atoms with Gasteiger partial charge in [-0.1, -0.05) is 38.9 Å². The molecule has 0 aromatic carbocycles. The summed E-state index contributed by atoms with van der Waals surface area (Å²) in [7, 11) is 0. The average Bonchev–Trinajstić information content (AvgIpc) is 3.21. The molecule has 0 saturated carbocycles. The van der Waals surface area contributed by atoms with E-state index in [1.165, 1.54) is 4.88 Å². The molecular formula is C18H28N4OS. The lowest BCUT2D eigenvalue weighted by molar-refractivity contribution is 0.376. The first kappa shape index (κ1) is 18.5. The van der Waals surface area contributed by atoms with Crippen molar-refractivity contribution in [2.24, 2.45) is 4.99 Å². The average molecular weight is 349 g/mol. The Morgan fingerprint density at radius 3 is 2.75 bits per heavy atom. The molecule has 132 valence electrons. The van der Waals surface area contributed by atoms with E-state index in [2.05, 4.69) is 72.9 Å². The number of nitrogens with zero attached hydrogens (tertiary/aromatic N) is 2. The van der Waals surface area contributed by atoms with Crippen molar-refractivity contribution in [3.63, 3.8) is 0 Å². The Hall–Kier alpha value is -1.82. The quantitative estimate of drug-likeness (QED) is 0.588. The zero-order valence-electron chi connectivity index (χ0n) is 15.2. The van der Waals surface area contributed by atoms with Crippen molar-refractivity contribution in [1.29, 1.82) is 0 Å². The second-order valence-electron chi connectivity index (χ2n) is 6.78. The maximum Gasteiger partial charge on any atom is 0.191 e. The fraction of sp³-hybridized carbons (Fsp3) is 0.556. The standard InChI is InChI=1S/C18H28N4OS/c1-6-19-17(20-11-14-10-15(13(2)3)22-23-14)21-12-18(4,5)16-8-7-9-24-16/h7-10,13H,6,11-12H2,1-5H3,(H2,19,20,21). The molecule has 2 aromatic rings. The van der Waals surface area contributed by atoms with E-state index in [1.807, 2.05) is 6.07 Å². The third kappa shape index (κ3) is 5.09. The monoisotopic (exact) mass is 348 g/mol. The Labute approximate surface area is 148 Å². The van der Waals surface area contributed by atoms with Crippen LogP contribution in [0.15, 0.2) is 33.1 Å². The molecule has 24 heavy (non-hydrogen) atoms. The Balaban J connectivity index is 1.97. The molecule has 0 bridgehead atoms. The molecule has 0 unspecified atom stereocenters. The molecule has 0 aliphatic heterocycles. The normalized spacial score (nSPS) is 12.7. The molecule has 0 amide bonds. The van der Waals surface area contributed by atoms with Gasteiger partial charge in [-0.3, -0.25) is 0 Å². The van der Waals surface area contributed by atoms with Crippen LogP contribution in [0.25, 0.3) is 0 Å². The van der Waals surface area contributed by atoms with Crippen LogP contribution < -0.4 is 10.6 Å². The fourth-order valence-electron chi connectivity index (χ4n) is 2.23. The van der Waals surface area contributed by atoms with Gasteiger partial charge in [0, 0.05) is 29.4 Å². The second kappa shape index (κ2) is 8.33. The van der Waals surface area contributed by atoms with Crippen LogP contribution in [0.2, 0.25) is 0 Å². The van der Waals surface area contributed by atoms with Gasteiger partial charge in [0.25, 0.3) is 0 Å². The van der Waals surface area contributed by atoms with Crippen molar-refractivity contribution in [3.8, 4) is 0 Å². The van der Waals surface area contributed by atoms with Crippen LogP contribution in [0.3, 0.4) is 0 Å². The summed E-state index contributed by atoms with van der Waals surface area (Å²) in [6.07, 6.45) is 0. The summed E-state index contributed by atoms with van der Waals surface area (Å²) in [6.45, 7) is 12.8. The fourth-order valence-corrected chi connectivity index (χ4v) is 3.08. The number of guanidine groups is 1. The number of hydrogen-bond donors (Lipinski definition) is 2. The first-order chi connectivity index (χ1) is 11.4. The van der Waals surface area contributed by atoms with Gasteiger partial charge >= 0.3 is 0 Å². The molecule has 0 atom stereocenters. The highest BCUT2D eigenvalue weighted by Gasteiger charge is 2.22. The molecule has 0 aliphatic rings. The summed E-state index contributed by atoms with van der Waals surface area (Å²) in [5.74, 6) is 1.95. The molecule has 0 saturated heterocycles. The lowest BCUT2D eigenvalue weighted by Crippen LogP contribution is -2.43. The Kier molecular flexibility index (Phi) is 6.43. The van der Waals surface area contributed by atoms with E-state index in [1.54, 1.807) is 11.3 Å². The van der Waals surface area contributed by atoms with Gasteiger partial charge in [-0.05, 0) is 24.3 Å². The molecule has 2 rings (SSSR count). The zero-order valence-corrected chi connectivity index (χ0v) is 16.0. The van der Waals surface area contributed by atoms with E-state index >= 15 is 0 Å². The van der Waals surface area contributed by atoms with Crippen LogP contribution in [0.1, 0.15) is 56.9 Å². The summed E-state index contributed by atoms with van der Waals surface area (Å²) in [6, 6.07) is 6.25. The van der Waals surface area contributed by atoms with Crippen molar-refractivity contribution in [2.45, 2.75) is 52.5 Å². The van der Waals surface area contributed by atoms with E-state index in [9.17, 15) is 0 Å². The minimum Gasteiger partial charge on any atom is -0.359 e. The van der Waals surface area contributed by atoms with Gasteiger partial charge in [-0.15, -0.1) is 11.3 Å². The number of aromatic nitrogens is 1. The Morgan fingerprint density at radius 1 is 1.38 bits per heavy atom. The SMILES string of the molecule is CCNC(=NCc1cc(C(C)C)no1)NCC(C)(C)c1cccs1. The van der Waals surface area contributed by atoms with Gasteiger partial charge < -0.3 is 15.2 Å². The van der Waals surface area contributed by atoms with Crippen LogP contribution in [-0.2, 0) is 12.0 Å². The van der Waals surface area contributed by atoms with Crippen LogP contribution in [0.4, 0.5) is 0 Å². The predicted octanol–water partition coefficient (Wildman–Crippen LogP) is 3.89. The van der Waals surface area contributed by atoms with Gasteiger partial charge in [0.2, 0.25) is 0 Å². The molecule has 0 fully saturated rings. The smallest absolute Gasteiger partial charge is 0.191 e. The van der Waals surface area contributed by atoms with Gasteiger partial charge in [-0.2, -0.15) is 0 Å². The molecule has 5 nitrogen and oxygen atoms in total. The number of nitrogens with one attached hydrogen (secondary N) is 2. The van der Waals surface area contributed by atoms with Crippen molar-refractivity contribution in [3.05, 3.63) is 39.9 Å². The molecular weight excluding hydrogens is 320 g/mol. The number of thiophene rings is 1. The lowest BCUT2D eigenvalue weighted by Gasteiger charge is -2.25. The number of aliphatic imine (C=N–C) groups is 1. The molecule has 2 N–H and O–H groups in total. The minimum atomic E-state index is 0.0570. The topological polar surface area (TPSA) is 62.5 Å². The van der Waals surface area contributed by atoms with Crippen molar-refractivity contribution < 1.29 is 4.52 Å². The minimum absolute atomic E-state index is 0.0570. The predicted molar refractivity (Wildman–Crippen MR) is 101 cm³/mol. The third-order valence-electron chi connectivity index (χ3n) is 3.79. The van der Waals surface area contributed by atoms with Crippen LogP contribution >= 0.6 is 11.3 Å². The summed E-state index contributed by atoms with van der Waals surface area (Å²) in [4.78, 5) is 5.97. The highest BCUT2D eigenvalue weighted by Crippen LogP contribution is 2.26. The number of hydrogen-bond acceptors (Lipinski definition) is 4. The van der Waals surface area contributed by atoms with E-state index < -0.39 is 0 Å². The van der Waals surface area contributed by atoms with Crippen molar-refractivity contribution in [1.82, 2.24) is 15.8 Å². The molecule has 0 radical (unpaired) electrons. The maximum absolute atomic E-state index is 5.35. The summed E-state index contributed by atoms with van der Waals surface area (Å²) in [5, 5.41) is 12.9. The molecule has 0 aliphatic carbocycles. The van der Waals surface area contributed by atoms with Crippen LogP contribution in [-0.4, -0.2) is 24.2 Å². The largest absolute Gasteiger partial charge is 0.359 e. The maximum atomic E-state index is 5.35. The zero-order chi connectivity index (χ0) is 17.6. The van der Waals surface area contributed by atoms with E-state index in [-0.39, 0.29) is 5.41 Å². The van der Waals surface area contributed by atoms with E-state index in [0.29, 0.717) is 12.5 Å². The summed E-state index contributed by atoms with van der Waals surface area (Å²) in [5.41, 5.74) is 1.03. The molecule has 2 aromatic heterocycles. The molecule has 6 heteroatoms. The van der Waals surface area contributed by atoms with Gasteiger partial charge in [-0.25, -0.2) is 4.99 Å². The Morgan fingerprint density at radius 2 is 2.17 bits per heavy atom. The van der Waals surface area contributed by atoms with Crippen LogP contribution in [0, 0.1) is 0 Å². The first-order valence-electron chi connectivity index (χ1n) is 8.44. The van der Waals surface area contributed by atoms with Crippen molar-refractivity contribution in [2.75, 3.05) is 13.1 Å². The van der Waals surface area contributed by atoms with Crippen LogP contribution in [0.5, 0.6) is 0 Å². The van der Waals surface area contributed by atoms with Gasteiger partial charge in [0.05, 0.1) is 5.69 Å². The van der Waals surface area contributed by atoms with E-state index in [4.69, 9.17) is 4.52 Å². The van der Waals surface area contributed by atoms with Crippen molar-refractivity contribution >= 4 is 17.3 Å². The summed E-state index contributed by atoms with van der Waals surface area (Å²) >= 11 is 1.79. The van der Waals surface area contributed by atoms with E-state index in [0.717, 1.165) is 30.5 Å². The number of rotatable bonds is 7. The Bertz CT molecular complexity index is 644. The highest BCUT2D eigenvalue weighted by atomic mass is 32.1. The molecule has 2 heterocycles. The van der Waals surface area contributed by atoms with Gasteiger partial charge in [0.15, 0.2) is 11.7 Å². The van der Waals surface area contributed by atoms with Gasteiger partial charge in [0.1, 0.15) is 6.54 Å². The highest BCUT2D eigenvalue weighted by molar-refractivity contribution is 7.10. The summed E-state index contributed by atoms with van der Waals surface area (Å²) < 4.78 is 5.35. The molecule has 0 spiro atoms. The second-order valence-corrected chi connectivity index (χ2v) is 7.73. The first-order valence-corrected chi connectivity index (χ1v) is 9.32. The lowest BCUT2D eigenvalue weighted by atomic mass is 9.91.